The van der Waals surface area contributed by atoms with E-state index in [1.54, 1.807) is 0 Å². The molecule has 0 bridgehead atoms. The van der Waals surface area contributed by atoms with Gasteiger partial charge in [-0.1, -0.05) is 0 Å². The summed E-state index contributed by atoms with van der Waals surface area (Å²) >= 11 is 0. The van der Waals surface area contributed by atoms with Crippen LogP contribution < -0.4 is 5.73 Å². The maximum absolute atomic E-state index is 14.5. The van der Waals surface area contributed by atoms with Crippen molar-refractivity contribution in [2.75, 3.05) is 12.3 Å². The molecule has 2 aliphatic heterocycles. The van der Waals surface area contributed by atoms with Crippen LogP contribution in [-0.2, 0) is 5.79 Å². The van der Waals surface area contributed by atoms with E-state index in [9.17, 15) is 4.39 Å². The molecule has 17 heavy (non-hydrogen) atoms. The summed E-state index contributed by atoms with van der Waals surface area (Å²) in [6.45, 7) is -0.00199. The third-order valence-corrected chi connectivity index (χ3v) is 3.27. The first-order valence-corrected chi connectivity index (χ1v) is 5.38. The Morgan fingerprint density at radius 2 is 2.24 bits per heavy atom. The van der Waals surface area contributed by atoms with Crippen molar-refractivity contribution in [3.63, 3.8) is 0 Å². The molecule has 1 aliphatic carbocycles. The molecule has 0 spiro atoms. The topological polar surface area (TPSA) is 89.9 Å². The summed E-state index contributed by atoms with van der Waals surface area (Å²) in [5.74, 6) is -0.919. The van der Waals surface area contributed by atoms with Crippen molar-refractivity contribution in [2.24, 2.45) is 5.92 Å². The van der Waals surface area contributed by atoms with Crippen molar-refractivity contribution >= 4 is 5.82 Å². The van der Waals surface area contributed by atoms with Gasteiger partial charge >= 0.3 is 0 Å². The van der Waals surface area contributed by atoms with Crippen LogP contribution in [0.15, 0.2) is 12.7 Å². The standard InChI is InChI=1S/C10H12FN5O/c11-10(1-6(2-10)3-17)16-5-15-9-7(8(16)12)13-4-14-9/h4-6,17H,1-3,12H2/t6-,10-. The number of rotatable bonds is 2. The normalized spacial score (nSPS) is 28.2. The van der Waals surface area contributed by atoms with E-state index in [2.05, 4.69) is 15.0 Å². The number of aliphatic hydroxyl groups is 1. The second kappa shape index (κ2) is 3.36. The van der Waals surface area contributed by atoms with Crippen LogP contribution in [0.1, 0.15) is 12.8 Å². The first-order chi connectivity index (χ1) is 8.14. The molecule has 0 radical (unpaired) electrons. The third-order valence-electron chi connectivity index (χ3n) is 3.27. The largest absolute Gasteiger partial charge is 0.396 e. The van der Waals surface area contributed by atoms with Gasteiger partial charge in [0.05, 0.1) is 0 Å². The molecular formula is C10H12FN5O. The van der Waals surface area contributed by atoms with Crippen LogP contribution >= 0.6 is 0 Å². The van der Waals surface area contributed by atoms with Gasteiger partial charge in [-0.2, -0.15) is 0 Å². The molecule has 3 N–H and O–H groups in total. The van der Waals surface area contributed by atoms with Crippen LogP contribution in [0, 0.1) is 5.92 Å². The zero-order valence-corrected chi connectivity index (χ0v) is 9.04. The summed E-state index contributed by atoms with van der Waals surface area (Å²) in [6, 6.07) is 0. The fraction of sp³-hybridized carbons (Fsp3) is 0.500. The minimum absolute atomic E-state index is 0.00199. The maximum atomic E-state index is 14.5. The number of nitrogen functional groups attached to an aromatic ring is 1. The Morgan fingerprint density at radius 3 is 2.94 bits per heavy atom. The van der Waals surface area contributed by atoms with Crippen LogP contribution in [-0.4, -0.2) is 31.2 Å². The van der Waals surface area contributed by atoms with Crippen LogP contribution in [0.4, 0.5) is 10.2 Å². The highest BCUT2D eigenvalue weighted by atomic mass is 19.1. The number of anilines is 1. The lowest BCUT2D eigenvalue weighted by atomic mass is 9.78. The molecule has 0 atom stereocenters. The zero-order valence-electron chi connectivity index (χ0n) is 9.04. The van der Waals surface area contributed by atoms with Gasteiger partial charge in [0.2, 0.25) is 0 Å². The van der Waals surface area contributed by atoms with E-state index in [1.807, 2.05) is 0 Å². The minimum atomic E-state index is -1.56. The predicted octanol–water partition coefficient (Wildman–Crippen LogP) is 0.385. The number of aliphatic hydroxyl groups excluding tert-OH is 1. The van der Waals surface area contributed by atoms with Crippen molar-refractivity contribution in [1.29, 1.82) is 0 Å². The summed E-state index contributed by atoms with van der Waals surface area (Å²) < 4.78 is 15.7. The molecule has 3 aliphatic rings. The van der Waals surface area contributed by atoms with E-state index >= 15 is 0 Å². The minimum Gasteiger partial charge on any atom is -0.396 e. The third kappa shape index (κ3) is 1.39. The number of alkyl halides is 1. The fourth-order valence-electron chi connectivity index (χ4n) is 2.29. The van der Waals surface area contributed by atoms with Crippen molar-refractivity contribution in [1.82, 2.24) is 19.5 Å². The van der Waals surface area contributed by atoms with Gasteiger partial charge in [-0.25, -0.2) is 19.3 Å². The summed E-state index contributed by atoms with van der Waals surface area (Å²) in [7, 11) is 0. The van der Waals surface area contributed by atoms with Gasteiger partial charge < -0.3 is 10.8 Å². The van der Waals surface area contributed by atoms with Crippen LogP contribution in [0.5, 0.6) is 0 Å². The first-order valence-electron chi connectivity index (χ1n) is 5.38. The lowest BCUT2D eigenvalue weighted by Crippen LogP contribution is -2.44. The Bertz CT molecular complexity index is 522. The molecule has 90 valence electrons. The first kappa shape index (κ1) is 10.4. The van der Waals surface area contributed by atoms with Crippen LogP contribution in [0.2, 0.25) is 0 Å². The Hall–Kier alpha value is -1.76. The maximum Gasteiger partial charge on any atom is 0.189 e. The lowest BCUT2D eigenvalue weighted by Gasteiger charge is -2.42. The molecule has 0 aromatic heterocycles. The van der Waals surface area contributed by atoms with E-state index in [1.165, 1.54) is 17.2 Å². The number of halogens is 1. The van der Waals surface area contributed by atoms with Gasteiger partial charge in [-0.3, -0.25) is 4.57 Å². The number of fused-ring (bicyclic) bond motifs is 1. The molecule has 6 nitrogen and oxygen atoms in total. The average Bonchev–Trinajstić information content (AvgIpc) is 2.74. The summed E-state index contributed by atoms with van der Waals surface area (Å²) in [5.41, 5.74) is 6.28. The number of aromatic nitrogens is 4. The van der Waals surface area contributed by atoms with E-state index in [0.29, 0.717) is 11.5 Å². The highest BCUT2D eigenvalue weighted by molar-refractivity contribution is 5.64. The molecule has 7 heteroatoms. The number of hydrogen-bond acceptors (Lipinski definition) is 5. The highest BCUT2D eigenvalue weighted by Crippen LogP contribution is 2.46. The lowest BCUT2D eigenvalue weighted by molar-refractivity contribution is -0.0810. The molecule has 0 unspecified atom stereocenters. The number of hydrogen-bond donors (Lipinski definition) is 2. The second-order valence-electron chi connectivity index (χ2n) is 4.42. The molecule has 0 aromatic rings. The summed E-state index contributed by atoms with van der Waals surface area (Å²) in [6.07, 6.45) is 3.19. The van der Waals surface area contributed by atoms with Gasteiger partial charge in [-0.05, 0) is 5.92 Å². The van der Waals surface area contributed by atoms with Crippen LogP contribution in [0.25, 0.3) is 11.5 Å². The Balaban J connectivity index is 2.02. The van der Waals surface area contributed by atoms with E-state index in [-0.39, 0.29) is 31.2 Å². The summed E-state index contributed by atoms with van der Waals surface area (Å²) in [4.78, 5) is 11.9. The van der Waals surface area contributed by atoms with Gasteiger partial charge in [0.15, 0.2) is 11.6 Å². The van der Waals surface area contributed by atoms with Crippen molar-refractivity contribution < 1.29 is 9.50 Å². The fourth-order valence-corrected chi connectivity index (χ4v) is 2.29. The SMILES string of the molecule is Nc1c2ncnc-2ncn1[C@]1(F)C[C@@H](CO)C1. The average molecular weight is 237 g/mol. The number of nitrogens with two attached hydrogens (primary N) is 1. The van der Waals surface area contributed by atoms with E-state index < -0.39 is 5.79 Å². The highest BCUT2D eigenvalue weighted by Gasteiger charge is 2.47. The Labute approximate surface area is 96.7 Å². The Morgan fingerprint density at radius 1 is 1.47 bits per heavy atom. The smallest absolute Gasteiger partial charge is 0.189 e. The monoisotopic (exact) mass is 237 g/mol. The van der Waals surface area contributed by atoms with Gasteiger partial charge in [0.25, 0.3) is 0 Å². The van der Waals surface area contributed by atoms with Crippen LogP contribution in [0.3, 0.4) is 0 Å². The van der Waals surface area contributed by atoms with E-state index in [0.717, 1.165) is 0 Å². The van der Waals surface area contributed by atoms with Gasteiger partial charge in [0, 0.05) is 19.4 Å². The summed E-state index contributed by atoms with van der Waals surface area (Å²) in [5, 5.41) is 8.93. The molecule has 2 heterocycles. The Kier molecular flexibility index (Phi) is 2.06. The van der Waals surface area contributed by atoms with Crippen molar-refractivity contribution in [3.8, 4) is 11.5 Å². The molecule has 3 rings (SSSR count). The van der Waals surface area contributed by atoms with Gasteiger partial charge in [0.1, 0.15) is 24.2 Å². The van der Waals surface area contributed by atoms with E-state index in [4.69, 9.17) is 10.8 Å². The second-order valence-corrected chi connectivity index (χ2v) is 4.42. The molecular weight excluding hydrogens is 225 g/mol. The molecule has 1 fully saturated rings. The molecule has 0 saturated heterocycles. The van der Waals surface area contributed by atoms with Gasteiger partial charge in [-0.15, -0.1) is 0 Å². The zero-order chi connectivity index (χ0) is 12.0. The number of imidazole rings is 1. The quantitative estimate of drug-likeness (QED) is 0.788. The predicted molar refractivity (Wildman–Crippen MR) is 57.7 cm³/mol. The van der Waals surface area contributed by atoms with Crippen molar-refractivity contribution in [2.45, 2.75) is 18.6 Å². The number of nitrogens with zero attached hydrogens (tertiary/aromatic N) is 4. The molecule has 1 saturated carbocycles. The molecule has 0 amide bonds. The van der Waals surface area contributed by atoms with Crippen molar-refractivity contribution in [3.05, 3.63) is 12.7 Å². The molecule has 0 aromatic carbocycles.